The number of hydrogen-bond donors (Lipinski definition) is 0. The maximum absolute atomic E-state index is 2.48. The Hall–Kier alpha value is -2.80. The van der Waals surface area contributed by atoms with E-state index in [-0.39, 0.29) is 5.41 Å². The second-order valence-electron chi connectivity index (χ2n) is 9.11. The van der Waals surface area contributed by atoms with Gasteiger partial charge in [-0.3, -0.25) is 0 Å². The number of benzene rings is 4. The fraction of sp³-hybridized carbons (Fsp3) is 0.200. The van der Waals surface area contributed by atoms with Crippen molar-refractivity contribution in [3.63, 3.8) is 0 Å². The summed E-state index contributed by atoms with van der Waals surface area (Å²) >= 11 is 0.397. The molecule has 2 aromatic heterocycles. The van der Waals surface area contributed by atoms with Crippen LogP contribution in [-0.2, 0) is 12.5 Å². The standard InChI is InChI=1S/C28H21NSe.C2H6/c1-28(2)22-10-6-4-8-16(22)18-13-24-19(12-23(18)28)20-15-27-21(14-25(20)29(24)3)17-9-5-7-11-26(17)30-27;1-2/h4-15H,1-3H3;1-2H3. The van der Waals surface area contributed by atoms with Gasteiger partial charge in [-0.25, -0.2) is 0 Å². The Morgan fingerprint density at radius 2 is 1.31 bits per heavy atom. The Balaban J connectivity index is 0.000000953. The Morgan fingerprint density at radius 3 is 2.16 bits per heavy atom. The van der Waals surface area contributed by atoms with E-state index in [9.17, 15) is 0 Å². The predicted molar refractivity (Wildman–Crippen MR) is 141 cm³/mol. The van der Waals surface area contributed by atoms with E-state index in [1.54, 1.807) is 0 Å². The summed E-state index contributed by atoms with van der Waals surface area (Å²) in [5.74, 6) is 0. The third kappa shape index (κ3) is 2.46. The molecule has 0 bridgehead atoms. The third-order valence-corrected chi connectivity index (χ3v) is 9.59. The van der Waals surface area contributed by atoms with Gasteiger partial charge in [0.1, 0.15) is 0 Å². The summed E-state index contributed by atoms with van der Waals surface area (Å²) in [7, 11) is 2.22. The summed E-state index contributed by atoms with van der Waals surface area (Å²) in [5, 5.41) is 5.65. The third-order valence-electron chi connectivity index (χ3n) is 7.21. The number of hydrogen-bond acceptors (Lipinski definition) is 0. The molecule has 0 amide bonds. The predicted octanol–water partition coefficient (Wildman–Crippen LogP) is 8.03. The van der Waals surface area contributed by atoms with Crippen LogP contribution in [0.15, 0.2) is 72.8 Å². The number of nitrogens with zero attached hydrogens (tertiary/aromatic N) is 1. The van der Waals surface area contributed by atoms with Crippen LogP contribution in [0.25, 0.3) is 52.2 Å². The van der Waals surface area contributed by atoms with E-state index >= 15 is 0 Å². The quantitative estimate of drug-likeness (QED) is 0.194. The van der Waals surface area contributed by atoms with Gasteiger partial charge >= 0.3 is 182 Å². The summed E-state index contributed by atoms with van der Waals surface area (Å²) < 4.78 is 5.43. The molecule has 2 heterocycles. The van der Waals surface area contributed by atoms with Gasteiger partial charge in [0.25, 0.3) is 0 Å². The Morgan fingerprint density at radius 1 is 0.625 bits per heavy atom. The first kappa shape index (κ1) is 19.9. The van der Waals surface area contributed by atoms with Crippen molar-refractivity contribution in [2.45, 2.75) is 33.1 Å². The zero-order valence-electron chi connectivity index (χ0n) is 19.3. The van der Waals surface area contributed by atoms with Crippen molar-refractivity contribution in [1.29, 1.82) is 0 Å². The summed E-state index contributed by atoms with van der Waals surface area (Å²) in [6.07, 6.45) is 0. The molecule has 1 nitrogen and oxygen atoms in total. The molecular formula is C30H27NSe. The molecule has 6 aromatic rings. The second-order valence-corrected chi connectivity index (χ2v) is 11.4. The molecule has 0 saturated carbocycles. The van der Waals surface area contributed by atoms with Crippen molar-refractivity contribution in [2.75, 3.05) is 0 Å². The van der Waals surface area contributed by atoms with E-state index in [1.165, 1.54) is 63.4 Å². The van der Waals surface area contributed by atoms with Crippen LogP contribution in [0.2, 0.25) is 0 Å². The van der Waals surface area contributed by atoms with Crippen LogP contribution < -0.4 is 0 Å². The van der Waals surface area contributed by atoms with Gasteiger partial charge in [0.05, 0.1) is 0 Å². The van der Waals surface area contributed by atoms with E-state index in [1.807, 2.05) is 13.8 Å². The SMILES string of the molecule is CC.Cn1c2cc3c(cc2c2cc4[se]c5ccccc5c4cc21)C(C)(C)c1ccccc1-3. The van der Waals surface area contributed by atoms with Gasteiger partial charge in [-0.2, -0.15) is 0 Å². The molecule has 1 aliphatic carbocycles. The molecule has 4 aromatic carbocycles. The molecule has 1 aliphatic rings. The van der Waals surface area contributed by atoms with Crippen LogP contribution in [-0.4, -0.2) is 19.1 Å². The van der Waals surface area contributed by atoms with Crippen molar-refractivity contribution in [2.24, 2.45) is 7.05 Å². The minimum atomic E-state index is 0.0409. The molecule has 0 radical (unpaired) electrons. The Kier molecular flexibility index (Phi) is 4.25. The fourth-order valence-corrected chi connectivity index (χ4v) is 7.98. The Labute approximate surface area is 195 Å². The molecule has 32 heavy (non-hydrogen) atoms. The fourth-order valence-electron chi connectivity index (χ4n) is 5.61. The molecule has 0 aliphatic heterocycles. The number of aromatic nitrogens is 1. The van der Waals surface area contributed by atoms with E-state index in [2.05, 4.69) is 98.3 Å². The van der Waals surface area contributed by atoms with Crippen LogP contribution in [0.1, 0.15) is 38.8 Å². The van der Waals surface area contributed by atoms with Crippen molar-refractivity contribution in [3.8, 4) is 11.1 Å². The van der Waals surface area contributed by atoms with E-state index in [4.69, 9.17) is 0 Å². The number of aryl methyl sites for hydroxylation is 1. The first-order valence-electron chi connectivity index (χ1n) is 11.5. The van der Waals surface area contributed by atoms with E-state index in [0.29, 0.717) is 14.5 Å². The van der Waals surface area contributed by atoms with Gasteiger partial charge in [-0.1, -0.05) is 13.8 Å². The normalized spacial score (nSPS) is 14.0. The second kappa shape index (κ2) is 6.85. The van der Waals surface area contributed by atoms with E-state index < -0.39 is 0 Å². The minimum absolute atomic E-state index is 0.0409. The average molecular weight is 481 g/mol. The van der Waals surface area contributed by atoms with Crippen LogP contribution >= 0.6 is 0 Å². The van der Waals surface area contributed by atoms with Crippen molar-refractivity contribution in [3.05, 3.63) is 83.9 Å². The van der Waals surface area contributed by atoms with E-state index in [0.717, 1.165) is 0 Å². The molecule has 2 heteroatoms. The van der Waals surface area contributed by atoms with Crippen LogP contribution in [0, 0.1) is 0 Å². The molecule has 0 atom stereocenters. The van der Waals surface area contributed by atoms with Crippen LogP contribution in [0.5, 0.6) is 0 Å². The zero-order chi connectivity index (χ0) is 22.2. The van der Waals surface area contributed by atoms with Gasteiger partial charge in [0, 0.05) is 0 Å². The molecule has 0 saturated heterocycles. The number of rotatable bonds is 0. The molecular weight excluding hydrogens is 453 g/mol. The summed E-state index contributed by atoms with van der Waals surface area (Å²) in [6, 6.07) is 27.7. The first-order valence-corrected chi connectivity index (χ1v) is 13.2. The molecule has 0 spiro atoms. The van der Waals surface area contributed by atoms with Crippen molar-refractivity contribution >= 4 is 55.6 Å². The molecule has 7 rings (SSSR count). The van der Waals surface area contributed by atoms with Gasteiger partial charge < -0.3 is 0 Å². The summed E-state index contributed by atoms with van der Waals surface area (Å²) in [6.45, 7) is 8.73. The molecule has 0 N–H and O–H groups in total. The van der Waals surface area contributed by atoms with Gasteiger partial charge in [0.15, 0.2) is 0 Å². The maximum atomic E-state index is 2.48. The van der Waals surface area contributed by atoms with Crippen LogP contribution in [0.3, 0.4) is 0 Å². The zero-order valence-corrected chi connectivity index (χ0v) is 21.0. The van der Waals surface area contributed by atoms with Crippen LogP contribution in [0.4, 0.5) is 0 Å². The van der Waals surface area contributed by atoms with Gasteiger partial charge in [-0.15, -0.1) is 0 Å². The average Bonchev–Trinajstić information content (AvgIpc) is 3.40. The van der Waals surface area contributed by atoms with Gasteiger partial charge in [-0.05, 0) is 0 Å². The molecule has 158 valence electrons. The molecule has 0 unspecified atom stereocenters. The Bertz CT molecular complexity index is 1680. The number of fused-ring (bicyclic) bond motifs is 9. The first-order chi connectivity index (χ1) is 15.5. The monoisotopic (exact) mass is 481 g/mol. The molecule has 0 fully saturated rings. The van der Waals surface area contributed by atoms with Gasteiger partial charge in [0.2, 0.25) is 0 Å². The van der Waals surface area contributed by atoms with Crippen molar-refractivity contribution in [1.82, 2.24) is 4.57 Å². The van der Waals surface area contributed by atoms with Crippen molar-refractivity contribution < 1.29 is 0 Å². The summed E-state index contributed by atoms with van der Waals surface area (Å²) in [4.78, 5) is 0. The summed E-state index contributed by atoms with van der Waals surface area (Å²) in [5.41, 5.74) is 8.41. The topological polar surface area (TPSA) is 4.93 Å².